The molecule has 0 spiro atoms. The first kappa shape index (κ1) is 15.5. The van der Waals surface area contributed by atoms with Gasteiger partial charge >= 0.3 is 0 Å². The van der Waals surface area contributed by atoms with Crippen LogP contribution in [-0.4, -0.2) is 36.5 Å². The van der Waals surface area contributed by atoms with E-state index in [9.17, 15) is 4.79 Å². The summed E-state index contributed by atoms with van der Waals surface area (Å²) in [6.45, 7) is 5.48. The minimum atomic E-state index is -0.565. The second-order valence-electron chi connectivity index (χ2n) is 6.92. The van der Waals surface area contributed by atoms with Crippen LogP contribution >= 0.6 is 0 Å². The molecule has 1 amide bonds. The maximum Gasteiger partial charge on any atom is 0.241 e. The number of carbonyl (C=O) groups excluding carboxylic acids is 1. The molecule has 1 saturated carbocycles. The minimum absolute atomic E-state index is 0.0514. The van der Waals surface area contributed by atoms with Crippen LogP contribution in [0.3, 0.4) is 0 Å². The largest absolute Gasteiger partial charge is 0.352 e. The van der Waals surface area contributed by atoms with E-state index in [0.29, 0.717) is 0 Å². The van der Waals surface area contributed by atoms with Crippen LogP contribution in [-0.2, 0) is 4.79 Å². The molecule has 2 aliphatic rings. The van der Waals surface area contributed by atoms with E-state index in [1.807, 2.05) is 31.2 Å². The molecule has 2 fully saturated rings. The quantitative estimate of drug-likeness (QED) is 0.874. The summed E-state index contributed by atoms with van der Waals surface area (Å²) in [5, 5.41) is 3.13. The highest BCUT2D eigenvalue weighted by molar-refractivity contribution is 5.83. The van der Waals surface area contributed by atoms with E-state index in [0.717, 1.165) is 37.4 Å². The molecule has 4 nitrogen and oxygen atoms in total. The van der Waals surface area contributed by atoms with Gasteiger partial charge in [-0.2, -0.15) is 0 Å². The lowest BCUT2D eigenvalue weighted by molar-refractivity contribution is -0.123. The van der Waals surface area contributed by atoms with Gasteiger partial charge in [0.15, 0.2) is 0 Å². The Kier molecular flexibility index (Phi) is 4.79. The second-order valence-corrected chi connectivity index (χ2v) is 6.92. The maximum atomic E-state index is 12.3. The van der Waals surface area contributed by atoms with Gasteiger partial charge in [0, 0.05) is 25.7 Å². The van der Waals surface area contributed by atoms with Gasteiger partial charge in [-0.15, -0.1) is 0 Å². The summed E-state index contributed by atoms with van der Waals surface area (Å²) in [7, 11) is 0. The van der Waals surface area contributed by atoms with Crippen LogP contribution < -0.4 is 11.1 Å². The molecule has 1 atom stereocenters. The topological polar surface area (TPSA) is 58.4 Å². The molecular formula is C18H27N3O. The number of carbonyl (C=O) groups is 1. The normalized spacial score (nSPS) is 21.5. The summed E-state index contributed by atoms with van der Waals surface area (Å²) in [5.74, 6) is 0.894. The Morgan fingerprint density at radius 2 is 1.86 bits per heavy atom. The predicted octanol–water partition coefficient (Wildman–Crippen LogP) is 1.99. The van der Waals surface area contributed by atoms with E-state index in [-0.39, 0.29) is 11.9 Å². The first-order valence-corrected chi connectivity index (χ1v) is 8.46. The average molecular weight is 301 g/mol. The van der Waals surface area contributed by atoms with E-state index in [2.05, 4.69) is 10.2 Å². The molecule has 1 aliphatic carbocycles. The van der Waals surface area contributed by atoms with Gasteiger partial charge in [0.2, 0.25) is 5.91 Å². The van der Waals surface area contributed by atoms with E-state index >= 15 is 0 Å². The van der Waals surface area contributed by atoms with Crippen molar-refractivity contribution in [1.29, 1.82) is 0 Å². The monoisotopic (exact) mass is 301 g/mol. The highest BCUT2D eigenvalue weighted by Gasteiger charge is 2.28. The van der Waals surface area contributed by atoms with Crippen molar-refractivity contribution >= 4 is 5.91 Å². The van der Waals surface area contributed by atoms with Crippen LogP contribution in [0.2, 0.25) is 0 Å². The molecule has 22 heavy (non-hydrogen) atoms. The molecule has 120 valence electrons. The van der Waals surface area contributed by atoms with E-state index in [1.165, 1.54) is 24.9 Å². The number of benzene rings is 1. The van der Waals surface area contributed by atoms with Gasteiger partial charge in [0.1, 0.15) is 6.04 Å². The third-order valence-electron chi connectivity index (χ3n) is 4.87. The number of nitrogens with one attached hydrogen (secondary N) is 1. The van der Waals surface area contributed by atoms with Crippen LogP contribution in [0, 0.1) is 12.8 Å². The van der Waals surface area contributed by atoms with E-state index in [1.54, 1.807) is 0 Å². The number of piperidine rings is 1. The van der Waals surface area contributed by atoms with Gasteiger partial charge in [-0.05, 0) is 44.1 Å². The SMILES string of the molecule is Cc1ccc(C(N)C(=O)NC2CCN(CC3CC3)CC2)cc1. The molecule has 0 bridgehead atoms. The van der Waals surface area contributed by atoms with Crippen molar-refractivity contribution in [2.45, 2.75) is 44.7 Å². The zero-order chi connectivity index (χ0) is 15.5. The first-order chi connectivity index (χ1) is 10.6. The van der Waals surface area contributed by atoms with Crippen LogP contribution in [0.4, 0.5) is 0 Å². The molecule has 3 N–H and O–H groups in total. The molecule has 1 aliphatic heterocycles. The number of likely N-dealkylation sites (tertiary alicyclic amines) is 1. The van der Waals surface area contributed by atoms with Gasteiger partial charge in [-0.25, -0.2) is 0 Å². The maximum absolute atomic E-state index is 12.3. The van der Waals surface area contributed by atoms with E-state index in [4.69, 9.17) is 5.73 Å². The van der Waals surface area contributed by atoms with Gasteiger partial charge in [0.05, 0.1) is 0 Å². The summed E-state index contributed by atoms with van der Waals surface area (Å²) >= 11 is 0. The Bertz CT molecular complexity index is 502. The summed E-state index contributed by atoms with van der Waals surface area (Å²) in [6.07, 6.45) is 4.89. The predicted molar refractivity (Wildman–Crippen MR) is 88.4 cm³/mol. The molecule has 3 rings (SSSR count). The van der Waals surface area contributed by atoms with Crippen molar-refractivity contribution in [3.8, 4) is 0 Å². The highest BCUT2D eigenvalue weighted by Crippen LogP contribution is 2.30. The Morgan fingerprint density at radius 3 is 2.45 bits per heavy atom. The highest BCUT2D eigenvalue weighted by atomic mass is 16.2. The number of aryl methyl sites for hydroxylation is 1. The lowest BCUT2D eigenvalue weighted by Crippen LogP contribution is -2.47. The van der Waals surface area contributed by atoms with Gasteiger partial charge in [-0.3, -0.25) is 4.79 Å². The van der Waals surface area contributed by atoms with Gasteiger partial charge < -0.3 is 16.0 Å². The van der Waals surface area contributed by atoms with Crippen molar-refractivity contribution in [1.82, 2.24) is 10.2 Å². The number of nitrogens with two attached hydrogens (primary N) is 1. The Labute approximate surface area is 133 Å². The van der Waals surface area contributed by atoms with Crippen molar-refractivity contribution in [3.63, 3.8) is 0 Å². The van der Waals surface area contributed by atoms with Crippen molar-refractivity contribution in [2.24, 2.45) is 11.7 Å². The zero-order valence-electron chi connectivity index (χ0n) is 13.4. The second kappa shape index (κ2) is 6.80. The molecule has 1 aromatic rings. The summed E-state index contributed by atoms with van der Waals surface area (Å²) in [5.41, 5.74) is 8.15. The molecular weight excluding hydrogens is 274 g/mol. The Hall–Kier alpha value is -1.39. The molecule has 1 saturated heterocycles. The fourth-order valence-corrected chi connectivity index (χ4v) is 3.14. The lowest BCUT2D eigenvalue weighted by Gasteiger charge is -2.32. The smallest absolute Gasteiger partial charge is 0.241 e. The van der Waals surface area contributed by atoms with Gasteiger partial charge in [0.25, 0.3) is 0 Å². The first-order valence-electron chi connectivity index (χ1n) is 8.46. The van der Waals surface area contributed by atoms with Crippen molar-refractivity contribution in [2.75, 3.05) is 19.6 Å². The number of hydrogen-bond acceptors (Lipinski definition) is 3. The van der Waals surface area contributed by atoms with Crippen LogP contribution in [0.25, 0.3) is 0 Å². The third kappa shape index (κ3) is 4.08. The number of nitrogens with zero attached hydrogens (tertiary/aromatic N) is 1. The molecule has 4 heteroatoms. The van der Waals surface area contributed by atoms with E-state index < -0.39 is 6.04 Å². The van der Waals surface area contributed by atoms with Crippen molar-refractivity contribution in [3.05, 3.63) is 35.4 Å². The number of amides is 1. The molecule has 1 aromatic carbocycles. The Morgan fingerprint density at radius 1 is 1.23 bits per heavy atom. The fourth-order valence-electron chi connectivity index (χ4n) is 3.14. The molecule has 1 heterocycles. The average Bonchev–Trinajstić information content (AvgIpc) is 3.33. The molecule has 0 aromatic heterocycles. The number of rotatable bonds is 5. The summed E-state index contributed by atoms with van der Waals surface area (Å²) < 4.78 is 0. The molecule has 1 unspecified atom stereocenters. The zero-order valence-corrected chi connectivity index (χ0v) is 13.4. The van der Waals surface area contributed by atoms with Gasteiger partial charge in [-0.1, -0.05) is 29.8 Å². The van der Waals surface area contributed by atoms with Crippen molar-refractivity contribution < 1.29 is 4.79 Å². The van der Waals surface area contributed by atoms with Crippen LogP contribution in [0.5, 0.6) is 0 Å². The fraction of sp³-hybridized carbons (Fsp3) is 0.611. The Balaban J connectivity index is 1.46. The lowest BCUT2D eigenvalue weighted by atomic mass is 10.0. The summed E-state index contributed by atoms with van der Waals surface area (Å²) in [4.78, 5) is 14.9. The van der Waals surface area contributed by atoms with Crippen LogP contribution in [0.1, 0.15) is 42.9 Å². The minimum Gasteiger partial charge on any atom is -0.352 e. The summed E-state index contributed by atoms with van der Waals surface area (Å²) in [6, 6.07) is 7.59. The number of hydrogen-bond donors (Lipinski definition) is 2. The third-order valence-corrected chi connectivity index (χ3v) is 4.87. The van der Waals surface area contributed by atoms with Crippen LogP contribution in [0.15, 0.2) is 24.3 Å². The standard InChI is InChI=1S/C18H27N3O/c1-13-2-6-15(7-3-13)17(19)18(22)20-16-8-10-21(11-9-16)12-14-4-5-14/h2-3,6-7,14,16-17H,4-5,8-12,19H2,1H3,(H,20,22). The molecule has 0 radical (unpaired) electrons.